The molecule has 192 valence electrons. The smallest absolute Gasteiger partial charge is 0.252 e. The molecule has 37 heavy (non-hydrogen) atoms. The minimum atomic E-state index is -0.949. The van der Waals surface area contributed by atoms with Crippen LogP contribution in [0.15, 0.2) is 53.5 Å². The number of halogens is 1. The predicted octanol–water partition coefficient (Wildman–Crippen LogP) is 3.03. The zero-order chi connectivity index (χ0) is 27.1. The summed E-state index contributed by atoms with van der Waals surface area (Å²) in [7, 11) is 4.37. The molecular formula is C27H26FN3O6. The quantitative estimate of drug-likeness (QED) is 0.422. The number of rotatable bonds is 11. The fraction of sp³-hybridized carbons (Fsp3) is 0.259. The van der Waals surface area contributed by atoms with E-state index in [1.54, 1.807) is 18.2 Å². The summed E-state index contributed by atoms with van der Waals surface area (Å²) in [6.07, 6.45) is 1.38. The summed E-state index contributed by atoms with van der Waals surface area (Å²) < 4.78 is 31.4. The number of ether oxygens (including phenoxy) is 3. The Hall–Kier alpha value is -4.49. The number of nitrogens with zero attached hydrogens (tertiary/aromatic N) is 2. The van der Waals surface area contributed by atoms with Gasteiger partial charge in [-0.05, 0) is 42.3 Å². The van der Waals surface area contributed by atoms with E-state index < -0.39 is 23.3 Å². The van der Waals surface area contributed by atoms with Gasteiger partial charge in [-0.1, -0.05) is 6.07 Å². The number of aromatic nitrogens is 1. The monoisotopic (exact) mass is 507 g/mol. The number of hydrogen-bond donors (Lipinski definition) is 1. The van der Waals surface area contributed by atoms with Crippen molar-refractivity contribution in [3.63, 3.8) is 0 Å². The molecule has 0 aliphatic rings. The minimum Gasteiger partial charge on any atom is -0.497 e. The molecule has 2 aromatic carbocycles. The lowest BCUT2D eigenvalue weighted by Gasteiger charge is -2.21. The summed E-state index contributed by atoms with van der Waals surface area (Å²) in [6.45, 7) is 0.177. The maximum absolute atomic E-state index is 14.2. The Labute approximate surface area is 212 Å². The maximum atomic E-state index is 14.2. The number of primary amides is 1. The van der Waals surface area contributed by atoms with Crippen LogP contribution in [-0.2, 0) is 16.0 Å². The van der Waals surface area contributed by atoms with Gasteiger partial charge >= 0.3 is 0 Å². The van der Waals surface area contributed by atoms with Crippen molar-refractivity contribution >= 4 is 11.7 Å². The van der Waals surface area contributed by atoms with E-state index in [1.807, 2.05) is 0 Å². The lowest BCUT2D eigenvalue weighted by atomic mass is 9.98. The molecule has 1 aromatic heterocycles. The number of ketones is 1. The predicted molar refractivity (Wildman–Crippen MR) is 133 cm³/mol. The Bertz CT molecular complexity index is 1430. The Balaban J connectivity index is 2.05. The van der Waals surface area contributed by atoms with E-state index in [2.05, 4.69) is 6.07 Å². The van der Waals surface area contributed by atoms with E-state index in [0.717, 1.165) is 6.07 Å². The third-order valence-corrected chi connectivity index (χ3v) is 5.88. The highest BCUT2D eigenvalue weighted by atomic mass is 19.1. The zero-order valence-electron chi connectivity index (χ0n) is 20.6. The molecule has 0 saturated heterocycles. The Morgan fingerprint density at radius 3 is 2.43 bits per heavy atom. The van der Waals surface area contributed by atoms with Gasteiger partial charge < -0.3 is 24.5 Å². The van der Waals surface area contributed by atoms with Crippen LogP contribution in [0.5, 0.6) is 11.5 Å². The lowest BCUT2D eigenvalue weighted by Crippen LogP contribution is -2.31. The Morgan fingerprint density at radius 2 is 1.84 bits per heavy atom. The molecule has 0 saturated carbocycles. The molecule has 0 radical (unpaired) electrons. The number of nitrogens with two attached hydrogens (primary N) is 1. The molecule has 9 nitrogen and oxygen atoms in total. The van der Waals surface area contributed by atoms with Crippen LogP contribution in [0.1, 0.15) is 33.9 Å². The van der Waals surface area contributed by atoms with Gasteiger partial charge in [0.2, 0.25) is 0 Å². The SMILES string of the molecule is COCCC(C(=O)Cc1ccc(C(N)=O)c(F)c1)n1cc(OC)c(-c2cc(OC)ccc2C#N)cc1=O. The van der Waals surface area contributed by atoms with Crippen molar-refractivity contribution in [2.45, 2.75) is 18.9 Å². The molecular weight excluding hydrogens is 481 g/mol. The molecule has 0 bridgehead atoms. The first-order chi connectivity index (χ1) is 17.7. The molecule has 10 heteroatoms. The summed E-state index contributed by atoms with van der Waals surface area (Å²) >= 11 is 0. The first-order valence-electron chi connectivity index (χ1n) is 11.2. The fourth-order valence-corrected chi connectivity index (χ4v) is 3.99. The molecule has 2 N–H and O–H groups in total. The largest absolute Gasteiger partial charge is 0.497 e. The van der Waals surface area contributed by atoms with Crippen LogP contribution in [0.2, 0.25) is 0 Å². The average molecular weight is 508 g/mol. The van der Waals surface area contributed by atoms with Gasteiger partial charge in [-0.15, -0.1) is 0 Å². The maximum Gasteiger partial charge on any atom is 0.252 e. The van der Waals surface area contributed by atoms with Gasteiger partial charge in [0.15, 0.2) is 5.78 Å². The van der Waals surface area contributed by atoms with E-state index in [9.17, 15) is 24.0 Å². The molecule has 3 aromatic rings. The van der Waals surface area contributed by atoms with Gasteiger partial charge in [0, 0.05) is 37.3 Å². The van der Waals surface area contributed by atoms with Gasteiger partial charge in [0.25, 0.3) is 11.5 Å². The second kappa shape index (κ2) is 12.0. The van der Waals surface area contributed by atoms with Gasteiger partial charge in [-0.2, -0.15) is 5.26 Å². The first-order valence-corrected chi connectivity index (χ1v) is 11.2. The van der Waals surface area contributed by atoms with Crippen molar-refractivity contribution in [2.24, 2.45) is 5.73 Å². The van der Waals surface area contributed by atoms with E-state index in [4.69, 9.17) is 19.9 Å². The summed E-state index contributed by atoms with van der Waals surface area (Å²) in [6, 6.07) is 11.0. The van der Waals surface area contributed by atoms with Gasteiger partial charge in [0.1, 0.15) is 17.3 Å². The highest BCUT2D eigenvalue weighted by Gasteiger charge is 2.24. The van der Waals surface area contributed by atoms with Crippen molar-refractivity contribution in [3.8, 4) is 28.7 Å². The van der Waals surface area contributed by atoms with Gasteiger partial charge in [-0.3, -0.25) is 14.4 Å². The second-order valence-corrected chi connectivity index (χ2v) is 8.14. The summed E-state index contributed by atoms with van der Waals surface area (Å²) in [4.78, 5) is 37.9. The van der Waals surface area contributed by atoms with Crippen LogP contribution in [-0.4, -0.2) is 44.2 Å². The fourth-order valence-electron chi connectivity index (χ4n) is 3.99. The third kappa shape index (κ3) is 6.02. The second-order valence-electron chi connectivity index (χ2n) is 8.14. The normalized spacial score (nSPS) is 11.4. The number of benzene rings is 2. The highest BCUT2D eigenvalue weighted by molar-refractivity contribution is 5.93. The Kier molecular flexibility index (Phi) is 8.77. The molecule has 0 aliphatic carbocycles. The van der Waals surface area contributed by atoms with Crippen LogP contribution >= 0.6 is 0 Å². The Morgan fingerprint density at radius 1 is 1.08 bits per heavy atom. The molecule has 1 unspecified atom stereocenters. The molecule has 1 amide bonds. The minimum absolute atomic E-state index is 0.169. The standard InChI is InChI=1S/C27H26FN3O6/c1-35-9-8-23(24(32)11-16-4-7-19(27(30)34)22(28)10-16)31-15-25(37-3)21(13-26(31)33)20-12-18(36-2)6-5-17(20)14-29/h4-7,10,12-13,15,23H,8-9,11H2,1-3H3,(H2,30,34). The van der Waals surface area contributed by atoms with Crippen molar-refractivity contribution in [1.29, 1.82) is 5.26 Å². The van der Waals surface area contributed by atoms with E-state index in [1.165, 1.54) is 50.3 Å². The zero-order valence-corrected chi connectivity index (χ0v) is 20.6. The molecule has 0 fully saturated rings. The van der Waals surface area contributed by atoms with E-state index >= 15 is 0 Å². The van der Waals surface area contributed by atoms with Crippen LogP contribution in [0, 0.1) is 17.1 Å². The number of carbonyl (C=O) groups excluding carboxylic acids is 2. The number of pyridine rings is 1. The van der Waals surface area contributed by atoms with Crippen LogP contribution in [0.25, 0.3) is 11.1 Å². The van der Waals surface area contributed by atoms with Crippen LogP contribution in [0.4, 0.5) is 4.39 Å². The van der Waals surface area contributed by atoms with E-state index in [-0.39, 0.29) is 36.5 Å². The highest BCUT2D eigenvalue weighted by Crippen LogP contribution is 2.34. The van der Waals surface area contributed by atoms with Gasteiger partial charge in [-0.25, -0.2) is 4.39 Å². The van der Waals surface area contributed by atoms with Gasteiger partial charge in [0.05, 0.1) is 43.7 Å². The van der Waals surface area contributed by atoms with Crippen LogP contribution < -0.4 is 20.8 Å². The number of amides is 1. The number of nitriles is 1. The number of methoxy groups -OCH3 is 3. The van der Waals surface area contributed by atoms with Crippen molar-refractivity contribution < 1.29 is 28.2 Å². The number of carbonyl (C=O) groups is 2. The molecule has 3 rings (SSSR count). The van der Waals surface area contributed by atoms with Crippen molar-refractivity contribution in [3.05, 3.63) is 81.5 Å². The molecule has 1 heterocycles. The molecule has 1 atom stereocenters. The first kappa shape index (κ1) is 27.1. The average Bonchev–Trinajstić information content (AvgIpc) is 2.88. The lowest BCUT2D eigenvalue weighted by molar-refractivity contribution is -0.122. The molecule has 0 spiro atoms. The third-order valence-electron chi connectivity index (χ3n) is 5.88. The number of hydrogen-bond acceptors (Lipinski definition) is 7. The summed E-state index contributed by atoms with van der Waals surface area (Å²) in [5.74, 6) is -1.37. The van der Waals surface area contributed by atoms with E-state index in [0.29, 0.717) is 28.0 Å². The molecule has 0 aliphatic heterocycles. The summed E-state index contributed by atoms with van der Waals surface area (Å²) in [5.41, 5.74) is 5.79. The number of Topliss-reactive ketones (excluding diaryl/α,β-unsaturated/α-hetero) is 1. The summed E-state index contributed by atoms with van der Waals surface area (Å²) in [5, 5.41) is 9.57. The van der Waals surface area contributed by atoms with Crippen LogP contribution in [0.3, 0.4) is 0 Å². The van der Waals surface area contributed by atoms with Crippen molar-refractivity contribution in [1.82, 2.24) is 4.57 Å². The van der Waals surface area contributed by atoms with Crippen molar-refractivity contribution in [2.75, 3.05) is 27.9 Å². The topological polar surface area (TPSA) is 134 Å².